The highest BCUT2D eigenvalue weighted by Crippen LogP contribution is 2.28. The molecule has 0 bridgehead atoms. The fourth-order valence-electron chi connectivity index (χ4n) is 4.18. The summed E-state index contributed by atoms with van der Waals surface area (Å²) in [7, 11) is 0. The number of hydrogen-bond acceptors (Lipinski definition) is 7. The number of benzene rings is 1. The van der Waals surface area contributed by atoms with Gasteiger partial charge in [0.05, 0.1) is 31.1 Å². The number of anilines is 2. The van der Waals surface area contributed by atoms with Gasteiger partial charge in [0, 0.05) is 25.3 Å². The topological polar surface area (TPSA) is 91.2 Å². The third kappa shape index (κ3) is 6.06. The second-order valence-electron chi connectivity index (χ2n) is 9.13. The fourth-order valence-corrected chi connectivity index (χ4v) is 4.99. The lowest BCUT2D eigenvalue weighted by Crippen LogP contribution is -2.35. The molecular weight excluding hydrogens is 460 g/mol. The maximum absolute atomic E-state index is 13.3. The molecule has 1 aliphatic rings. The predicted octanol–water partition coefficient (Wildman–Crippen LogP) is 4.81. The first kappa shape index (κ1) is 24.9. The van der Waals surface area contributed by atoms with Gasteiger partial charge in [-0.3, -0.25) is 9.36 Å². The van der Waals surface area contributed by atoms with Crippen LogP contribution in [0.1, 0.15) is 43.1 Å². The van der Waals surface area contributed by atoms with E-state index in [4.69, 9.17) is 9.68 Å². The Morgan fingerprint density at radius 1 is 1.23 bits per heavy atom. The lowest BCUT2D eigenvalue weighted by Gasteiger charge is -2.31. The monoisotopic (exact) mass is 492 g/mol. The summed E-state index contributed by atoms with van der Waals surface area (Å²) in [6.45, 7) is 9.10. The van der Waals surface area contributed by atoms with Crippen molar-refractivity contribution in [3.05, 3.63) is 53.5 Å². The number of hydrogen-bond donors (Lipinski definition) is 0. The molecule has 3 heterocycles. The molecule has 0 aliphatic carbocycles. The summed E-state index contributed by atoms with van der Waals surface area (Å²) < 4.78 is 7.64. The zero-order valence-corrected chi connectivity index (χ0v) is 21.4. The molecule has 8 nitrogen and oxygen atoms in total. The smallest absolute Gasteiger partial charge is 0.237 e. The van der Waals surface area contributed by atoms with E-state index >= 15 is 0 Å². The SMILES string of the molecule is Cc1ccc(N(CCC#N)C(=O)CSc2nnc(N3CCC(C)CC3)n2Cc2ccco2)cc1C. The molecule has 0 unspecified atom stereocenters. The summed E-state index contributed by atoms with van der Waals surface area (Å²) >= 11 is 1.37. The summed E-state index contributed by atoms with van der Waals surface area (Å²) in [6.07, 6.45) is 4.18. The van der Waals surface area contributed by atoms with Crippen molar-refractivity contribution in [2.24, 2.45) is 5.92 Å². The molecule has 0 N–H and O–H groups in total. The van der Waals surface area contributed by atoms with Crippen LogP contribution in [0, 0.1) is 31.1 Å². The van der Waals surface area contributed by atoms with E-state index in [1.807, 2.05) is 48.7 Å². The lowest BCUT2D eigenvalue weighted by atomic mass is 10.00. The number of carbonyl (C=O) groups is 1. The molecule has 3 aromatic rings. The number of carbonyl (C=O) groups excluding carboxylic acids is 1. The van der Waals surface area contributed by atoms with Crippen LogP contribution in [0.15, 0.2) is 46.2 Å². The third-order valence-corrected chi connectivity index (χ3v) is 7.48. The van der Waals surface area contributed by atoms with Crippen LogP contribution in [-0.2, 0) is 11.3 Å². The Morgan fingerprint density at radius 3 is 2.71 bits per heavy atom. The van der Waals surface area contributed by atoms with Crippen LogP contribution in [0.2, 0.25) is 0 Å². The van der Waals surface area contributed by atoms with Gasteiger partial charge in [0.2, 0.25) is 11.9 Å². The molecule has 0 saturated carbocycles. The van der Waals surface area contributed by atoms with E-state index in [0.29, 0.717) is 24.2 Å². The molecule has 1 saturated heterocycles. The van der Waals surface area contributed by atoms with Crippen LogP contribution in [0.3, 0.4) is 0 Å². The zero-order chi connectivity index (χ0) is 24.8. The normalized spacial score (nSPS) is 14.2. The van der Waals surface area contributed by atoms with E-state index in [0.717, 1.165) is 48.9 Å². The molecule has 35 heavy (non-hydrogen) atoms. The van der Waals surface area contributed by atoms with Crippen molar-refractivity contribution in [3.63, 3.8) is 0 Å². The maximum Gasteiger partial charge on any atom is 0.237 e. The Bertz CT molecular complexity index is 1180. The van der Waals surface area contributed by atoms with Crippen LogP contribution >= 0.6 is 11.8 Å². The van der Waals surface area contributed by atoms with Crippen LogP contribution in [0.5, 0.6) is 0 Å². The van der Waals surface area contributed by atoms with Gasteiger partial charge in [-0.25, -0.2) is 0 Å². The first-order valence-corrected chi connectivity index (χ1v) is 13.0. The quantitative estimate of drug-likeness (QED) is 0.396. The minimum absolute atomic E-state index is 0.0607. The summed E-state index contributed by atoms with van der Waals surface area (Å²) in [4.78, 5) is 17.3. The molecule has 2 aromatic heterocycles. The second-order valence-corrected chi connectivity index (χ2v) is 10.1. The highest BCUT2D eigenvalue weighted by Gasteiger charge is 2.24. The average molecular weight is 493 g/mol. The van der Waals surface area contributed by atoms with Gasteiger partial charge in [0.15, 0.2) is 5.16 Å². The predicted molar refractivity (Wildman–Crippen MR) is 138 cm³/mol. The molecule has 184 valence electrons. The second kappa shape index (κ2) is 11.5. The van der Waals surface area contributed by atoms with E-state index in [1.54, 1.807) is 11.2 Å². The Balaban J connectivity index is 1.53. The van der Waals surface area contributed by atoms with Crippen molar-refractivity contribution in [2.45, 2.75) is 51.7 Å². The number of aryl methyl sites for hydroxylation is 2. The maximum atomic E-state index is 13.3. The van der Waals surface area contributed by atoms with E-state index in [-0.39, 0.29) is 18.1 Å². The number of nitriles is 1. The van der Waals surface area contributed by atoms with E-state index < -0.39 is 0 Å². The first-order valence-electron chi connectivity index (χ1n) is 12.0. The number of thioether (sulfide) groups is 1. The number of furan rings is 1. The molecule has 1 aliphatic heterocycles. The van der Waals surface area contributed by atoms with Crippen molar-refractivity contribution in [1.82, 2.24) is 14.8 Å². The Kier molecular flexibility index (Phi) is 8.13. The standard InChI is InChI=1S/C26H32N6O2S/c1-19-9-13-30(14-10-19)25-28-29-26(32(25)17-23-6-4-15-34-23)35-18-24(33)31(12-5-11-27)22-8-7-20(2)21(3)16-22/h4,6-8,15-16,19H,5,9-10,12-14,17-18H2,1-3H3. The van der Waals surface area contributed by atoms with Crippen molar-refractivity contribution in [3.8, 4) is 6.07 Å². The number of nitrogens with zero attached hydrogens (tertiary/aromatic N) is 6. The molecule has 1 aromatic carbocycles. The highest BCUT2D eigenvalue weighted by molar-refractivity contribution is 7.99. The molecule has 0 radical (unpaired) electrons. The van der Waals surface area contributed by atoms with Crippen LogP contribution in [0.4, 0.5) is 11.6 Å². The van der Waals surface area contributed by atoms with Gasteiger partial charge in [0.1, 0.15) is 5.76 Å². The van der Waals surface area contributed by atoms with Gasteiger partial charge in [0.25, 0.3) is 0 Å². The lowest BCUT2D eigenvalue weighted by molar-refractivity contribution is -0.116. The van der Waals surface area contributed by atoms with Crippen molar-refractivity contribution in [1.29, 1.82) is 5.26 Å². The van der Waals surface area contributed by atoms with Gasteiger partial charge in [-0.05, 0) is 68.0 Å². The Hall–Kier alpha value is -3.25. The van der Waals surface area contributed by atoms with E-state index in [1.165, 1.54) is 17.3 Å². The summed E-state index contributed by atoms with van der Waals surface area (Å²) in [5.41, 5.74) is 3.10. The average Bonchev–Trinajstić information content (AvgIpc) is 3.51. The molecule has 0 spiro atoms. The third-order valence-electron chi connectivity index (χ3n) is 6.53. The van der Waals surface area contributed by atoms with Gasteiger partial charge in [-0.15, -0.1) is 10.2 Å². The summed E-state index contributed by atoms with van der Waals surface area (Å²) in [5, 5.41) is 18.8. The number of rotatable bonds is 9. The van der Waals surface area contributed by atoms with Gasteiger partial charge >= 0.3 is 0 Å². The number of amides is 1. The summed E-state index contributed by atoms with van der Waals surface area (Å²) in [6, 6.07) is 11.9. The number of piperidine rings is 1. The molecule has 1 amide bonds. The highest BCUT2D eigenvalue weighted by atomic mass is 32.2. The summed E-state index contributed by atoms with van der Waals surface area (Å²) in [5.74, 6) is 2.48. The first-order chi connectivity index (χ1) is 17.0. The van der Waals surface area contributed by atoms with E-state index in [2.05, 4.69) is 28.1 Å². The fraction of sp³-hybridized carbons (Fsp3) is 0.462. The van der Waals surface area contributed by atoms with E-state index in [9.17, 15) is 4.79 Å². The Morgan fingerprint density at radius 2 is 2.03 bits per heavy atom. The zero-order valence-electron chi connectivity index (χ0n) is 20.6. The van der Waals surface area contributed by atoms with Crippen molar-refractivity contribution in [2.75, 3.05) is 35.2 Å². The minimum atomic E-state index is -0.0607. The largest absolute Gasteiger partial charge is 0.467 e. The van der Waals surface area contributed by atoms with Crippen LogP contribution in [-0.4, -0.2) is 46.1 Å². The van der Waals surface area contributed by atoms with Crippen LogP contribution < -0.4 is 9.80 Å². The van der Waals surface area contributed by atoms with Crippen molar-refractivity contribution < 1.29 is 9.21 Å². The minimum Gasteiger partial charge on any atom is -0.467 e. The molecular formula is C26H32N6O2S. The van der Waals surface area contributed by atoms with Gasteiger partial charge in [-0.1, -0.05) is 24.8 Å². The molecule has 0 atom stereocenters. The van der Waals surface area contributed by atoms with Crippen LogP contribution in [0.25, 0.3) is 0 Å². The van der Waals surface area contributed by atoms with Gasteiger partial charge < -0.3 is 14.2 Å². The molecule has 9 heteroatoms. The van der Waals surface area contributed by atoms with Crippen molar-refractivity contribution >= 4 is 29.3 Å². The molecule has 4 rings (SSSR count). The Labute approximate surface area is 210 Å². The number of aromatic nitrogens is 3. The molecule has 1 fully saturated rings. The van der Waals surface area contributed by atoms with Gasteiger partial charge in [-0.2, -0.15) is 5.26 Å².